The van der Waals surface area contributed by atoms with E-state index in [0.29, 0.717) is 0 Å². The number of carbonyl (C=O) groups excluding carboxylic acids is 1. The summed E-state index contributed by atoms with van der Waals surface area (Å²) in [5, 5.41) is 10.1. The second-order valence-electron chi connectivity index (χ2n) is 4.55. The molecule has 0 bridgehead atoms. The van der Waals surface area contributed by atoms with Crippen LogP contribution >= 0.6 is 0 Å². The second-order valence-corrected chi connectivity index (χ2v) is 4.55. The van der Waals surface area contributed by atoms with Crippen LogP contribution in [0.5, 0.6) is 0 Å². The fourth-order valence-electron chi connectivity index (χ4n) is 1.75. The van der Waals surface area contributed by atoms with Crippen molar-refractivity contribution < 1.29 is 101 Å². The standard InChI is InChI=1S/C8HF14NO2.Na/c9-2(1(24)25,6(16,17)18)23-7(19,20)4(12,13)3(10,11)5(14,15)8(23,21)22;/h(H,24,25);/q;+1/p-1. The van der Waals surface area contributed by atoms with Gasteiger partial charge in [-0.05, 0) is 0 Å². The fraction of sp³-hybridized carbons (Fsp3) is 0.875. The molecule has 0 aromatic rings. The molecule has 0 aromatic carbocycles. The summed E-state index contributed by atoms with van der Waals surface area (Å²) in [6, 6.07) is -15.5. The van der Waals surface area contributed by atoms with Crippen molar-refractivity contribution in [2.45, 2.75) is 41.8 Å². The van der Waals surface area contributed by atoms with Crippen LogP contribution < -0.4 is 34.7 Å². The zero-order valence-corrected chi connectivity index (χ0v) is 13.6. The van der Waals surface area contributed by atoms with Crippen LogP contribution in [0.15, 0.2) is 0 Å². The van der Waals surface area contributed by atoms with Gasteiger partial charge in [0.25, 0.3) is 0 Å². The van der Waals surface area contributed by atoms with Crippen molar-refractivity contribution in [3.8, 4) is 0 Å². The minimum Gasteiger partial charge on any atom is -0.545 e. The van der Waals surface area contributed by atoms with Crippen LogP contribution in [0.4, 0.5) is 61.5 Å². The predicted octanol–water partition coefficient (Wildman–Crippen LogP) is -0.625. The number of halogens is 14. The maximum atomic E-state index is 13.5. The molecule has 0 N–H and O–H groups in total. The van der Waals surface area contributed by atoms with Crippen molar-refractivity contribution in [1.29, 1.82) is 0 Å². The molecule has 148 valence electrons. The molecule has 1 saturated heterocycles. The Balaban J connectivity index is 0.00000625. The number of aliphatic carboxylic acids is 1. The second kappa shape index (κ2) is 5.97. The van der Waals surface area contributed by atoms with E-state index in [0.717, 1.165) is 0 Å². The minimum atomic E-state index is -7.76. The molecule has 1 aliphatic heterocycles. The molecule has 0 spiro atoms. The number of rotatable bonds is 2. The number of hydrogen-bond acceptors (Lipinski definition) is 3. The third-order valence-electron chi connectivity index (χ3n) is 3.06. The van der Waals surface area contributed by atoms with Crippen molar-refractivity contribution in [2.75, 3.05) is 0 Å². The van der Waals surface area contributed by atoms with E-state index in [1.54, 1.807) is 0 Å². The van der Waals surface area contributed by atoms with Gasteiger partial charge in [-0.3, -0.25) is 0 Å². The van der Waals surface area contributed by atoms with Crippen LogP contribution in [0, 0.1) is 0 Å². The maximum absolute atomic E-state index is 13.5. The summed E-state index contributed by atoms with van der Waals surface area (Å²) in [4.78, 5) is 5.97. The number of piperidine rings is 1. The van der Waals surface area contributed by atoms with Gasteiger partial charge in [0.2, 0.25) is 0 Å². The molecule has 1 heterocycles. The van der Waals surface area contributed by atoms with E-state index in [1.807, 2.05) is 0 Å². The summed E-state index contributed by atoms with van der Waals surface area (Å²) < 4.78 is 181. The van der Waals surface area contributed by atoms with E-state index in [4.69, 9.17) is 0 Å². The summed E-state index contributed by atoms with van der Waals surface area (Å²) in [6.45, 7) is 0. The molecule has 0 aliphatic carbocycles. The monoisotopic (exact) mass is 431 g/mol. The summed E-state index contributed by atoms with van der Waals surface area (Å²) >= 11 is 0. The average molecular weight is 431 g/mol. The Kier molecular flexibility index (Phi) is 5.85. The molecule has 1 fully saturated rings. The Hall–Kier alpha value is -0.550. The molecule has 18 heteroatoms. The fourth-order valence-corrected chi connectivity index (χ4v) is 1.75. The molecular weight excluding hydrogens is 431 g/mol. The van der Waals surface area contributed by atoms with Gasteiger partial charge in [-0.1, -0.05) is 0 Å². The largest absolute Gasteiger partial charge is 1.00 e. The van der Waals surface area contributed by atoms with Gasteiger partial charge < -0.3 is 9.90 Å². The van der Waals surface area contributed by atoms with E-state index < -0.39 is 52.7 Å². The third-order valence-corrected chi connectivity index (χ3v) is 3.06. The first-order chi connectivity index (χ1) is 10.6. The summed E-state index contributed by atoms with van der Waals surface area (Å²) in [7, 11) is 0. The average Bonchev–Trinajstić information content (AvgIpc) is 2.34. The Labute approximate surface area is 154 Å². The number of carboxylic acids is 1. The number of nitrogens with zero attached hydrogens (tertiary/aromatic N) is 1. The number of likely N-dealkylation sites (tertiary alicyclic amines) is 1. The molecular formula is C8F14NNaO2. The van der Waals surface area contributed by atoms with E-state index in [9.17, 15) is 71.4 Å². The van der Waals surface area contributed by atoms with Gasteiger partial charge in [-0.15, -0.1) is 4.90 Å². The summed E-state index contributed by atoms with van der Waals surface area (Å²) in [5.74, 6) is -35.3. The molecule has 0 aromatic heterocycles. The molecule has 0 amide bonds. The van der Waals surface area contributed by atoms with E-state index in [1.165, 1.54) is 0 Å². The van der Waals surface area contributed by atoms with Gasteiger partial charge in [-0.25, -0.2) is 4.39 Å². The zero-order valence-electron chi connectivity index (χ0n) is 11.6. The Morgan fingerprint density at radius 2 is 0.962 bits per heavy atom. The van der Waals surface area contributed by atoms with Crippen LogP contribution in [-0.4, -0.2) is 52.7 Å². The van der Waals surface area contributed by atoms with Crippen LogP contribution in [0.3, 0.4) is 0 Å². The van der Waals surface area contributed by atoms with Gasteiger partial charge in [0.15, 0.2) is 0 Å². The molecule has 1 aliphatic rings. The Bertz CT molecular complexity index is 558. The molecule has 0 saturated carbocycles. The molecule has 3 nitrogen and oxygen atoms in total. The minimum absolute atomic E-state index is 0. The number of carbonyl (C=O) groups is 1. The maximum Gasteiger partial charge on any atom is 1.00 e. The first kappa shape index (κ1) is 25.4. The van der Waals surface area contributed by atoms with Gasteiger partial charge >= 0.3 is 71.4 Å². The van der Waals surface area contributed by atoms with Crippen LogP contribution in [0.25, 0.3) is 0 Å². The van der Waals surface area contributed by atoms with Gasteiger partial charge in [0.1, 0.15) is 5.97 Å². The number of carboxylic acid groups (broad SMARTS) is 1. The topological polar surface area (TPSA) is 43.4 Å². The van der Waals surface area contributed by atoms with Gasteiger partial charge in [0.05, 0.1) is 0 Å². The first-order valence-electron chi connectivity index (χ1n) is 5.22. The van der Waals surface area contributed by atoms with Crippen molar-refractivity contribution in [1.82, 2.24) is 4.90 Å². The van der Waals surface area contributed by atoms with Crippen LogP contribution in [-0.2, 0) is 4.79 Å². The third kappa shape index (κ3) is 2.52. The van der Waals surface area contributed by atoms with Gasteiger partial charge in [-0.2, -0.15) is 57.1 Å². The quantitative estimate of drug-likeness (QED) is 0.333. The van der Waals surface area contributed by atoms with Crippen molar-refractivity contribution >= 4 is 5.97 Å². The van der Waals surface area contributed by atoms with Crippen molar-refractivity contribution in [3.63, 3.8) is 0 Å². The Morgan fingerprint density at radius 1 is 0.692 bits per heavy atom. The molecule has 0 radical (unpaired) electrons. The normalized spacial score (nSPS) is 28.5. The van der Waals surface area contributed by atoms with Crippen LogP contribution in [0.2, 0.25) is 0 Å². The molecule has 26 heavy (non-hydrogen) atoms. The predicted molar refractivity (Wildman–Crippen MR) is 41.5 cm³/mol. The van der Waals surface area contributed by atoms with Crippen LogP contribution in [0.1, 0.15) is 0 Å². The van der Waals surface area contributed by atoms with Crippen molar-refractivity contribution in [3.05, 3.63) is 0 Å². The smallest absolute Gasteiger partial charge is 0.545 e. The van der Waals surface area contributed by atoms with Crippen molar-refractivity contribution in [2.24, 2.45) is 0 Å². The molecule has 1 rings (SSSR count). The summed E-state index contributed by atoms with van der Waals surface area (Å²) in [5.41, 5.74) is 0. The van der Waals surface area contributed by atoms with E-state index in [2.05, 4.69) is 0 Å². The first-order valence-corrected chi connectivity index (χ1v) is 5.22. The number of alkyl halides is 14. The molecule has 1 unspecified atom stereocenters. The zero-order chi connectivity index (χ0) is 20.7. The van der Waals surface area contributed by atoms with Gasteiger partial charge in [0, 0.05) is 0 Å². The number of hydrogen-bond donors (Lipinski definition) is 0. The van der Waals surface area contributed by atoms with E-state index >= 15 is 0 Å². The molecule has 1 atom stereocenters. The van der Waals surface area contributed by atoms with E-state index in [-0.39, 0.29) is 29.6 Å². The summed E-state index contributed by atoms with van der Waals surface area (Å²) in [6.07, 6.45) is -7.52. The Morgan fingerprint density at radius 3 is 1.15 bits per heavy atom. The SMILES string of the molecule is O=C([O-])C(F)(N1C(F)(F)C(F)(F)C(F)(F)C(F)(F)C1(F)F)C(F)(F)F.[Na+].